The summed E-state index contributed by atoms with van der Waals surface area (Å²) in [4.78, 5) is 30.3. The van der Waals surface area contributed by atoms with Gasteiger partial charge in [0.25, 0.3) is 0 Å². The van der Waals surface area contributed by atoms with Crippen molar-refractivity contribution in [3.63, 3.8) is 0 Å². The number of nitrogen functional groups attached to an aromatic ring is 1. The lowest BCUT2D eigenvalue weighted by Gasteiger charge is -2.23. The molecule has 15 heteroatoms. The third-order valence-electron chi connectivity index (χ3n) is 4.82. The number of nitrogens with one attached hydrogen (secondary N) is 2. The average molecular weight is 535 g/mol. The number of hydrogen-bond donors (Lipinski definition) is 4. The van der Waals surface area contributed by atoms with Crippen molar-refractivity contribution in [1.29, 1.82) is 0 Å². The minimum atomic E-state index is -5.08. The van der Waals surface area contributed by atoms with Crippen molar-refractivity contribution < 1.29 is 37.0 Å². The first-order valence-corrected chi connectivity index (χ1v) is 10.8. The first kappa shape index (κ1) is 27.6. The Morgan fingerprint density at radius 2 is 1.92 bits per heavy atom. The van der Waals surface area contributed by atoms with Gasteiger partial charge in [-0.15, -0.1) is 0 Å². The number of H-pyrrole nitrogens is 1. The van der Waals surface area contributed by atoms with Gasteiger partial charge in [-0.2, -0.15) is 23.3 Å². The van der Waals surface area contributed by atoms with Crippen LogP contribution in [0.15, 0.2) is 48.8 Å². The second kappa shape index (κ2) is 11.4. The normalized spacial score (nSPS) is 10.9. The number of carboxylic acid groups (broad SMARTS) is 1. The highest BCUT2D eigenvalue weighted by atomic mass is 19.4. The van der Waals surface area contributed by atoms with E-state index in [0.717, 1.165) is 22.8 Å². The molecule has 0 radical (unpaired) electrons. The van der Waals surface area contributed by atoms with Crippen molar-refractivity contribution in [1.82, 2.24) is 20.2 Å². The van der Waals surface area contributed by atoms with Crippen LogP contribution in [0.1, 0.15) is 13.8 Å². The smallest absolute Gasteiger partial charge is 0.475 e. The Morgan fingerprint density at radius 1 is 1.21 bits per heavy atom. The summed E-state index contributed by atoms with van der Waals surface area (Å²) < 4.78 is 51.6. The van der Waals surface area contributed by atoms with E-state index >= 15 is 0 Å². The number of carboxylic acids is 1. The lowest BCUT2D eigenvalue weighted by molar-refractivity contribution is -0.192. The monoisotopic (exact) mass is 535 g/mol. The summed E-state index contributed by atoms with van der Waals surface area (Å²) in [5, 5.41) is 17.9. The number of esters is 1. The topological polar surface area (TPSA) is 159 Å². The van der Waals surface area contributed by atoms with Crippen LogP contribution in [-0.2, 0) is 9.59 Å². The van der Waals surface area contributed by atoms with Crippen molar-refractivity contribution in [2.24, 2.45) is 0 Å². The van der Waals surface area contributed by atoms with Crippen molar-refractivity contribution in [2.45, 2.75) is 20.0 Å². The second-order valence-electron chi connectivity index (χ2n) is 7.49. The van der Waals surface area contributed by atoms with Crippen LogP contribution in [0.2, 0.25) is 0 Å². The molecule has 0 atom stereocenters. The van der Waals surface area contributed by atoms with Crippen molar-refractivity contribution in [2.75, 3.05) is 22.5 Å². The molecule has 0 saturated heterocycles. The first-order valence-electron chi connectivity index (χ1n) is 10.8. The SMILES string of the molecule is CCN(c1nc(Nc2ccc(N)c(OC(C)=O)c2)ncc1F)c1cccc2[nH]ncc12.O=C(O)C(F)(F)F. The number of halogens is 4. The largest absolute Gasteiger partial charge is 0.490 e. The number of aromatic nitrogens is 4. The number of hydrogen-bond acceptors (Lipinski definition) is 9. The molecule has 0 spiro atoms. The van der Waals surface area contributed by atoms with Crippen LogP contribution in [0.25, 0.3) is 10.9 Å². The van der Waals surface area contributed by atoms with Gasteiger partial charge in [0.05, 0.1) is 29.3 Å². The Morgan fingerprint density at radius 3 is 2.55 bits per heavy atom. The standard InChI is InChI=1S/C21H20FN7O2.C2HF3O2/c1-3-29(18-6-4-5-17-14(18)10-25-28-17)20-15(22)11-24-21(27-20)26-13-7-8-16(23)19(9-13)31-12(2)30;3-2(4,5)1(6)7/h4-11H,3,23H2,1-2H3,(H,25,28)(H,24,26,27);(H,6,7). The van der Waals surface area contributed by atoms with Crippen LogP contribution in [0.3, 0.4) is 0 Å². The van der Waals surface area contributed by atoms with Crippen LogP contribution in [-0.4, -0.2) is 49.9 Å². The van der Waals surface area contributed by atoms with E-state index in [4.69, 9.17) is 20.4 Å². The molecule has 0 bridgehead atoms. The van der Waals surface area contributed by atoms with E-state index in [1.807, 2.05) is 25.1 Å². The summed E-state index contributed by atoms with van der Waals surface area (Å²) in [6.45, 7) is 3.66. The predicted molar refractivity (Wildman–Crippen MR) is 130 cm³/mol. The van der Waals surface area contributed by atoms with E-state index in [-0.39, 0.29) is 17.5 Å². The second-order valence-corrected chi connectivity index (χ2v) is 7.49. The quantitative estimate of drug-likeness (QED) is 0.120. The molecule has 5 N–H and O–H groups in total. The van der Waals surface area contributed by atoms with E-state index in [1.165, 1.54) is 6.92 Å². The number of fused-ring (bicyclic) bond motifs is 1. The molecule has 0 fully saturated rings. The lowest BCUT2D eigenvalue weighted by atomic mass is 10.2. The van der Waals surface area contributed by atoms with Gasteiger partial charge in [-0.25, -0.2) is 14.2 Å². The highest BCUT2D eigenvalue weighted by molar-refractivity contribution is 5.93. The summed E-state index contributed by atoms with van der Waals surface area (Å²) >= 11 is 0. The highest BCUT2D eigenvalue weighted by Crippen LogP contribution is 2.33. The molecule has 11 nitrogen and oxygen atoms in total. The van der Waals surface area contributed by atoms with E-state index < -0.39 is 23.9 Å². The third-order valence-corrected chi connectivity index (χ3v) is 4.82. The van der Waals surface area contributed by atoms with E-state index in [1.54, 1.807) is 29.3 Å². The number of carbonyl (C=O) groups is 2. The molecule has 0 aliphatic rings. The number of nitrogens with zero attached hydrogens (tertiary/aromatic N) is 4. The zero-order valence-corrected chi connectivity index (χ0v) is 19.9. The van der Waals surface area contributed by atoms with Crippen LogP contribution in [0, 0.1) is 5.82 Å². The first-order chi connectivity index (χ1) is 17.9. The van der Waals surface area contributed by atoms with Crippen LogP contribution in [0.4, 0.5) is 46.4 Å². The van der Waals surface area contributed by atoms with Gasteiger partial charge in [0.15, 0.2) is 17.4 Å². The molecule has 2 aromatic heterocycles. The van der Waals surface area contributed by atoms with Gasteiger partial charge in [-0.05, 0) is 31.2 Å². The minimum Gasteiger partial charge on any atom is -0.475 e. The molecule has 2 heterocycles. The highest BCUT2D eigenvalue weighted by Gasteiger charge is 2.38. The van der Waals surface area contributed by atoms with Gasteiger partial charge >= 0.3 is 18.1 Å². The van der Waals surface area contributed by atoms with Gasteiger partial charge in [0.1, 0.15) is 0 Å². The van der Waals surface area contributed by atoms with E-state index in [9.17, 15) is 22.4 Å². The molecular weight excluding hydrogens is 514 g/mol. The fourth-order valence-corrected chi connectivity index (χ4v) is 3.21. The predicted octanol–water partition coefficient (Wildman–Crippen LogP) is 4.53. The van der Waals surface area contributed by atoms with E-state index in [2.05, 4.69) is 25.5 Å². The molecule has 0 amide bonds. The summed E-state index contributed by atoms with van der Waals surface area (Å²) in [5.41, 5.74) is 8.28. The van der Waals surface area contributed by atoms with Gasteiger partial charge in [0, 0.05) is 30.6 Å². The zero-order valence-electron chi connectivity index (χ0n) is 19.9. The number of nitrogens with two attached hydrogens (primary N) is 1. The number of alkyl halides is 3. The molecule has 0 aliphatic carbocycles. The van der Waals surface area contributed by atoms with E-state index in [0.29, 0.717) is 17.9 Å². The van der Waals surface area contributed by atoms with Crippen molar-refractivity contribution in [3.8, 4) is 5.75 Å². The van der Waals surface area contributed by atoms with Crippen LogP contribution >= 0.6 is 0 Å². The van der Waals surface area contributed by atoms with Gasteiger partial charge in [0.2, 0.25) is 5.95 Å². The maximum atomic E-state index is 14.7. The number of ether oxygens (including phenoxy) is 1. The zero-order chi connectivity index (χ0) is 28.0. The maximum absolute atomic E-state index is 14.7. The van der Waals surface area contributed by atoms with Gasteiger partial charge in [-0.1, -0.05) is 6.07 Å². The Labute approximate surface area is 212 Å². The summed E-state index contributed by atoms with van der Waals surface area (Å²) in [7, 11) is 0. The molecular formula is C23H21F4N7O4. The Kier molecular flexibility index (Phi) is 8.29. The molecule has 0 unspecified atom stereocenters. The van der Waals surface area contributed by atoms with Gasteiger partial charge < -0.3 is 25.8 Å². The molecule has 0 saturated carbocycles. The third kappa shape index (κ3) is 6.63. The number of carbonyl (C=O) groups excluding carboxylic acids is 1. The number of aromatic amines is 1. The maximum Gasteiger partial charge on any atom is 0.490 e. The molecule has 4 aromatic rings. The van der Waals surface area contributed by atoms with Crippen LogP contribution in [0.5, 0.6) is 5.75 Å². The number of aliphatic carboxylic acids is 1. The molecule has 4 rings (SSSR count). The molecule has 200 valence electrons. The van der Waals surface area contributed by atoms with Crippen LogP contribution < -0.4 is 20.7 Å². The lowest BCUT2D eigenvalue weighted by Crippen LogP contribution is -2.21. The summed E-state index contributed by atoms with van der Waals surface area (Å²) in [5.74, 6) is -3.31. The van der Waals surface area contributed by atoms with Crippen molar-refractivity contribution in [3.05, 3.63) is 54.6 Å². The number of rotatable bonds is 6. The summed E-state index contributed by atoms with van der Waals surface area (Å²) in [6.07, 6.45) is -2.29. The molecule has 38 heavy (non-hydrogen) atoms. The Bertz CT molecular complexity index is 1460. The minimum absolute atomic E-state index is 0.115. The average Bonchev–Trinajstić information content (AvgIpc) is 3.33. The molecule has 2 aromatic carbocycles. The number of anilines is 5. The van der Waals surface area contributed by atoms with Crippen molar-refractivity contribution >= 4 is 51.7 Å². The fraction of sp³-hybridized carbons (Fsp3) is 0.174. The Hall–Kier alpha value is -4.95. The Balaban J connectivity index is 0.000000505. The van der Waals surface area contributed by atoms with Gasteiger partial charge in [-0.3, -0.25) is 9.89 Å². The number of benzene rings is 2. The summed E-state index contributed by atoms with van der Waals surface area (Å²) in [6, 6.07) is 10.4. The molecule has 0 aliphatic heterocycles. The fourth-order valence-electron chi connectivity index (χ4n) is 3.21.